The van der Waals surface area contributed by atoms with Crippen molar-refractivity contribution in [1.82, 2.24) is 5.32 Å². The molecule has 2 nitrogen and oxygen atoms in total. The Morgan fingerprint density at radius 1 is 0.880 bits per heavy atom. The minimum Gasteiger partial charge on any atom is -0.352 e. The lowest BCUT2D eigenvalue weighted by molar-refractivity contribution is -0.125. The molecule has 2 aliphatic heterocycles. The third kappa shape index (κ3) is 4.48. The van der Waals surface area contributed by atoms with Gasteiger partial charge in [0.2, 0.25) is 5.91 Å². The largest absolute Gasteiger partial charge is 0.352 e. The topological polar surface area (TPSA) is 29.1 Å². The SMILES string of the molecule is CC1(BC23BC(C(=O)NC(C)(C)C)(CCC2)CC3)CCCCCCC1. The first-order valence-corrected chi connectivity index (χ1v) is 11.0. The van der Waals surface area contributed by atoms with Gasteiger partial charge in [-0.15, -0.1) is 0 Å². The molecule has 1 amide bonds. The Labute approximate surface area is 157 Å². The van der Waals surface area contributed by atoms with Crippen LogP contribution >= 0.6 is 0 Å². The molecule has 25 heavy (non-hydrogen) atoms. The fourth-order valence-electron chi connectivity index (χ4n) is 6.49. The maximum absolute atomic E-state index is 13.1. The van der Waals surface area contributed by atoms with E-state index < -0.39 is 0 Å². The summed E-state index contributed by atoms with van der Waals surface area (Å²) in [4.78, 5) is 13.1. The van der Waals surface area contributed by atoms with Crippen LogP contribution in [-0.4, -0.2) is 26.0 Å². The van der Waals surface area contributed by atoms with Crippen molar-refractivity contribution in [3.63, 3.8) is 0 Å². The van der Waals surface area contributed by atoms with Crippen molar-refractivity contribution in [3.05, 3.63) is 0 Å². The number of hydrogen-bond donors (Lipinski definition) is 1. The highest BCUT2D eigenvalue weighted by molar-refractivity contribution is 6.69. The molecule has 2 unspecified atom stereocenters. The fourth-order valence-corrected chi connectivity index (χ4v) is 6.49. The molecule has 0 spiro atoms. The highest BCUT2D eigenvalue weighted by Gasteiger charge is 2.57. The molecule has 2 saturated heterocycles. The molecule has 4 heteroatoms. The van der Waals surface area contributed by atoms with Gasteiger partial charge in [0.1, 0.15) is 14.6 Å². The average molecular weight is 343 g/mol. The quantitative estimate of drug-likeness (QED) is 0.722. The molecule has 2 bridgehead atoms. The second-order valence-electron chi connectivity index (χ2n) is 11.3. The molecule has 3 aliphatic rings. The molecule has 1 aliphatic carbocycles. The average Bonchev–Trinajstić information content (AvgIpc) is 2.74. The molecule has 2 heterocycles. The molecule has 0 aromatic rings. The van der Waals surface area contributed by atoms with Gasteiger partial charge in [-0.2, -0.15) is 0 Å². The number of hydrogen-bond acceptors (Lipinski definition) is 1. The van der Waals surface area contributed by atoms with Gasteiger partial charge in [-0.1, -0.05) is 81.7 Å². The highest BCUT2D eigenvalue weighted by Crippen LogP contribution is 2.63. The zero-order valence-electron chi connectivity index (χ0n) is 17.3. The molecule has 0 aromatic heterocycles. The number of fused-ring (bicyclic) bond motifs is 2. The Morgan fingerprint density at radius 3 is 2.16 bits per heavy atom. The van der Waals surface area contributed by atoms with Crippen molar-refractivity contribution >= 4 is 20.5 Å². The van der Waals surface area contributed by atoms with Gasteiger partial charge in [0.05, 0.1) is 0 Å². The number of rotatable bonds is 3. The Bertz CT molecular complexity index is 493. The summed E-state index contributed by atoms with van der Waals surface area (Å²) in [6, 6.07) is 0. The Balaban J connectivity index is 1.71. The second kappa shape index (κ2) is 6.97. The summed E-state index contributed by atoms with van der Waals surface area (Å²) in [5.41, 5.74) is -0.111. The van der Waals surface area contributed by atoms with Crippen molar-refractivity contribution in [2.45, 2.75) is 126 Å². The lowest BCUT2D eigenvalue weighted by Crippen LogP contribution is -2.49. The number of nitrogens with one attached hydrogen (secondary N) is 1. The van der Waals surface area contributed by atoms with Gasteiger partial charge >= 0.3 is 0 Å². The van der Waals surface area contributed by atoms with Crippen LogP contribution in [0.2, 0.25) is 15.8 Å². The van der Waals surface area contributed by atoms with Crippen LogP contribution in [0, 0.1) is 0 Å². The monoisotopic (exact) mass is 343 g/mol. The Morgan fingerprint density at radius 2 is 1.52 bits per heavy atom. The Kier molecular flexibility index (Phi) is 5.39. The normalized spacial score (nSPS) is 35.2. The standard InChI is InChI=1S/C21H39B2NO/c1-18(2,3)24-17(25)20-13-10-14-21(23-20,16-15-20)22-19(4)11-8-6-5-7-9-12-19/h22-23H,5-16H2,1-4H3,(H,24,25). The van der Waals surface area contributed by atoms with Crippen LogP contribution in [0.15, 0.2) is 0 Å². The van der Waals surface area contributed by atoms with E-state index in [1.807, 2.05) is 0 Å². The number of carbonyl (C=O) groups excluding carboxylic acids is 1. The highest BCUT2D eigenvalue weighted by atomic mass is 16.2. The van der Waals surface area contributed by atoms with E-state index in [4.69, 9.17) is 0 Å². The van der Waals surface area contributed by atoms with Crippen LogP contribution in [0.25, 0.3) is 0 Å². The molecule has 3 fully saturated rings. The van der Waals surface area contributed by atoms with Crippen LogP contribution in [-0.2, 0) is 4.79 Å². The van der Waals surface area contributed by atoms with Crippen LogP contribution in [0.1, 0.15) is 105 Å². The van der Waals surface area contributed by atoms with Gasteiger partial charge < -0.3 is 5.32 Å². The Hall–Kier alpha value is -0.400. The van der Waals surface area contributed by atoms with E-state index in [-0.39, 0.29) is 10.9 Å². The zero-order chi connectivity index (χ0) is 18.2. The van der Waals surface area contributed by atoms with Crippen molar-refractivity contribution in [1.29, 1.82) is 0 Å². The maximum atomic E-state index is 13.1. The fraction of sp³-hybridized carbons (Fsp3) is 0.952. The van der Waals surface area contributed by atoms with Crippen molar-refractivity contribution in [2.24, 2.45) is 0 Å². The van der Waals surface area contributed by atoms with E-state index in [2.05, 4.69) is 33.0 Å². The molecule has 1 saturated carbocycles. The summed E-state index contributed by atoms with van der Waals surface area (Å²) in [5.74, 6) is 0.351. The van der Waals surface area contributed by atoms with Gasteiger partial charge in [0.15, 0.2) is 0 Å². The molecule has 2 atom stereocenters. The first-order chi connectivity index (χ1) is 11.7. The van der Waals surface area contributed by atoms with Gasteiger partial charge in [0.25, 0.3) is 0 Å². The van der Waals surface area contributed by atoms with Crippen LogP contribution in [0.5, 0.6) is 0 Å². The van der Waals surface area contributed by atoms with Gasteiger partial charge in [0, 0.05) is 10.9 Å². The molecular weight excluding hydrogens is 304 g/mol. The number of amides is 1. The molecular formula is C21H39B2NO. The van der Waals surface area contributed by atoms with E-state index in [1.165, 1.54) is 71.5 Å². The minimum absolute atomic E-state index is 0.0521. The molecule has 140 valence electrons. The smallest absolute Gasteiger partial charge is 0.218 e. The summed E-state index contributed by atoms with van der Waals surface area (Å²) in [5, 5.41) is 4.25. The first kappa shape index (κ1) is 19.4. The predicted octanol–water partition coefficient (Wildman–Crippen LogP) is 4.95. The summed E-state index contributed by atoms with van der Waals surface area (Å²) in [7, 11) is 2.54. The first-order valence-electron chi connectivity index (χ1n) is 11.0. The van der Waals surface area contributed by atoms with Crippen LogP contribution in [0.3, 0.4) is 0 Å². The summed E-state index contributed by atoms with van der Waals surface area (Å²) >= 11 is 0. The van der Waals surface area contributed by atoms with Crippen molar-refractivity contribution in [2.75, 3.05) is 0 Å². The van der Waals surface area contributed by atoms with Crippen molar-refractivity contribution in [3.8, 4) is 0 Å². The zero-order valence-corrected chi connectivity index (χ0v) is 17.3. The van der Waals surface area contributed by atoms with Gasteiger partial charge in [-0.05, 0) is 33.6 Å². The molecule has 0 aromatic carbocycles. The number of carbonyl (C=O) groups is 1. The lowest BCUT2D eigenvalue weighted by Gasteiger charge is -2.43. The van der Waals surface area contributed by atoms with E-state index in [0.29, 0.717) is 16.4 Å². The summed E-state index contributed by atoms with van der Waals surface area (Å²) in [6.45, 7) is 8.91. The van der Waals surface area contributed by atoms with Gasteiger partial charge in [-0.25, -0.2) is 0 Å². The second-order valence-corrected chi connectivity index (χ2v) is 11.3. The minimum atomic E-state index is -0.111. The molecule has 1 N–H and O–H groups in total. The van der Waals surface area contributed by atoms with E-state index >= 15 is 0 Å². The molecule has 0 radical (unpaired) electrons. The third-order valence-electron chi connectivity index (χ3n) is 7.54. The van der Waals surface area contributed by atoms with Gasteiger partial charge in [-0.3, -0.25) is 4.79 Å². The lowest BCUT2D eigenvalue weighted by atomic mass is 9.22. The third-order valence-corrected chi connectivity index (χ3v) is 7.54. The van der Waals surface area contributed by atoms with E-state index in [9.17, 15) is 4.79 Å². The van der Waals surface area contributed by atoms with E-state index in [0.717, 1.165) is 20.1 Å². The van der Waals surface area contributed by atoms with E-state index in [1.54, 1.807) is 0 Å². The van der Waals surface area contributed by atoms with Crippen LogP contribution in [0.4, 0.5) is 0 Å². The maximum Gasteiger partial charge on any atom is 0.218 e. The van der Waals surface area contributed by atoms with Crippen molar-refractivity contribution < 1.29 is 4.79 Å². The molecule has 3 rings (SSSR count). The summed E-state index contributed by atoms with van der Waals surface area (Å²) in [6.07, 6.45) is 16.1. The summed E-state index contributed by atoms with van der Waals surface area (Å²) < 4.78 is 0. The predicted molar refractivity (Wildman–Crippen MR) is 111 cm³/mol. The van der Waals surface area contributed by atoms with Crippen LogP contribution < -0.4 is 5.32 Å².